The molecule has 2 aliphatic rings. The number of hydrazine groups is 1. The molecule has 1 saturated heterocycles. The lowest BCUT2D eigenvalue weighted by atomic mass is 10.1. The van der Waals surface area contributed by atoms with Gasteiger partial charge in [0.1, 0.15) is 0 Å². The minimum atomic E-state index is -0.385. The molecule has 0 unspecified atom stereocenters. The van der Waals surface area contributed by atoms with Crippen molar-refractivity contribution < 1.29 is 14.4 Å². The van der Waals surface area contributed by atoms with Gasteiger partial charge in [0.05, 0.1) is 10.8 Å². The quantitative estimate of drug-likeness (QED) is 0.805. The van der Waals surface area contributed by atoms with Crippen LogP contribution in [0.3, 0.4) is 0 Å². The van der Waals surface area contributed by atoms with E-state index >= 15 is 0 Å². The molecule has 1 aliphatic heterocycles. The molecular formula is C18H25N3O3S. The fraction of sp³-hybridized carbons (Fsp3) is 0.611. The van der Waals surface area contributed by atoms with Crippen LogP contribution in [0.15, 0.2) is 6.07 Å². The summed E-state index contributed by atoms with van der Waals surface area (Å²) in [4.78, 5) is 40.3. The van der Waals surface area contributed by atoms with Gasteiger partial charge in [0.15, 0.2) is 0 Å². The summed E-state index contributed by atoms with van der Waals surface area (Å²) in [6.07, 6.45) is 5.50. The summed E-state index contributed by atoms with van der Waals surface area (Å²) >= 11 is 1.44. The van der Waals surface area contributed by atoms with Crippen LogP contribution in [0.25, 0.3) is 0 Å². The Morgan fingerprint density at radius 3 is 2.64 bits per heavy atom. The maximum atomic E-state index is 12.3. The molecule has 25 heavy (non-hydrogen) atoms. The molecule has 0 aromatic carbocycles. The Morgan fingerprint density at radius 2 is 2.00 bits per heavy atom. The zero-order valence-corrected chi connectivity index (χ0v) is 15.6. The highest BCUT2D eigenvalue weighted by Gasteiger charge is 2.38. The first kappa shape index (κ1) is 17.9. The van der Waals surface area contributed by atoms with E-state index in [-0.39, 0.29) is 30.1 Å². The third-order valence-corrected chi connectivity index (χ3v) is 6.54. The third-order valence-electron chi connectivity index (χ3n) is 5.16. The summed E-state index contributed by atoms with van der Waals surface area (Å²) in [6.45, 7) is 4.49. The lowest BCUT2D eigenvalue weighted by molar-refractivity contribution is -0.130. The molecular weight excluding hydrogens is 338 g/mol. The lowest BCUT2D eigenvalue weighted by Crippen LogP contribution is -2.45. The average molecular weight is 363 g/mol. The van der Waals surface area contributed by atoms with Gasteiger partial charge in [-0.25, -0.2) is 0 Å². The van der Waals surface area contributed by atoms with Gasteiger partial charge >= 0.3 is 0 Å². The van der Waals surface area contributed by atoms with Crippen molar-refractivity contribution in [2.45, 2.75) is 58.4 Å². The van der Waals surface area contributed by atoms with Gasteiger partial charge in [-0.15, -0.1) is 11.3 Å². The highest BCUT2D eigenvalue weighted by atomic mass is 32.1. The normalized spacial score (nSPS) is 21.0. The molecule has 1 aliphatic carbocycles. The number of nitrogens with zero attached hydrogens (tertiary/aromatic N) is 1. The molecule has 0 bridgehead atoms. The van der Waals surface area contributed by atoms with Crippen molar-refractivity contribution in [2.75, 3.05) is 6.54 Å². The predicted molar refractivity (Wildman–Crippen MR) is 96.1 cm³/mol. The van der Waals surface area contributed by atoms with E-state index in [1.165, 1.54) is 16.2 Å². The van der Waals surface area contributed by atoms with Gasteiger partial charge in [-0.1, -0.05) is 19.8 Å². The van der Waals surface area contributed by atoms with Crippen LogP contribution in [0.4, 0.5) is 0 Å². The zero-order chi connectivity index (χ0) is 18.0. The van der Waals surface area contributed by atoms with E-state index in [2.05, 4.69) is 17.8 Å². The van der Waals surface area contributed by atoms with Crippen molar-refractivity contribution in [1.82, 2.24) is 15.8 Å². The average Bonchev–Trinajstić information content (AvgIpc) is 3.31. The highest BCUT2D eigenvalue weighted by Crippen LogP contribution is 2.29. The number of amides is 3. The van der Waals surface area contributed by atoms with Crippen LogP contribution in [0.1, 0.15) is 59.1 Å². The minimum Gasteiger partial charge on any atom is -0.339 e. The first-order chi connectivity index (χ1) is 12.0. The van der Waals surface area contributed by atoms with Crippen molar-refractivity contribution in [2.24, 2.45) is 5.92 Å². The Bertz CT molecular complexity index is 679. The molecule has 1 aromatic heterocycles. The Balaban J connectivity index is 1.52. The van der Waals surface area contributed by atoms with E-state index in [9.17, 15) is 14.4 Å². The number of thiophene rings is 1. The van der Waals surface area contributed by atoms with Gasteiger partial charge < -0.3 is 4.90 Å². The summed E-state index contributed by atoms with van der Waals surface area (Å²) < 4.78 is 0. The number of hydrogen-bond acceptors (Lipinski definition) is 4. The first-order valence-electron chi connectivity index (χ1n) is 8.98. The highest BCUT2D eigenvalue weighted by molar-refractivity contribution is 7.14. The summed E-state index contributed by atoms with van der Waals surface area (Å²) in [6, 6.07) is 2.13. The Hall–Kier alpha value is -1.89. The summed E-state index contributed by atoms with van der Waals surface area (Å²) in [5.74, 6) is -0.922. The number of nitrogens with one attached hydrogen (secondary N) is 2. The molecule has 136 valence electrons. The van der Waals surface area contributed by atoms with Gasteiger partial charge in [-0.05, 0) is 37.8 Å². The Kier molecular flexibility index (Phi) is 5.42. The monoisotopic (exact) mass is 363 g/mol. The predicted octanol–water partition coefficient (Wildman–Crippen LogP) is 2.17. The lowest BCUT2D eigenvalue weighted by Gasteiger charge is -2.23. The Labute approximate surface area is 151 Å². The van der Waals surface area contributed by atoms with Crippen molar-refractivity contribution in [3.05, 3.63) is 21.4 Å². The molecule has 3 rings (SSSR count). The van der Waals surface area contributed by atoms with Crippen LogP contribution in [0.2, 0.25) is 0 Å². The van der Waals surface area contributed by atoms with E-state index in [4.69, 9.17) is 0 Å². The number of carbonyl (C=O) groups excluding carboxylic acids is 3. The van der Waals surface area contributed by atoms with E-state index in [1.807, 2.05) is 17.9 Å². The number of carbonyl (C=O) groups is 3. The van der Waals surface area contributed by atoms with Crippen LogP contribution in [0.5, 0.6) is 0 Å². The summed E-state index contributed by atoms with van der Waals surface area (Å²) in [5.41, 5.74) is 6.07. The Morgan fingerprint density at radius 1 is 1.28 bits per heavy atom. The van der Waals surface area contributed by atoms with Gasteiger partial charge in [-0.3, -0.25) is 25.2 Å². The molecule has 2 heterocycles. The van der Waals surface area contributed by atoms with Gasteiger partial charge in [0.2, 0.25) is 11.8 Å². The van der Waals surface area contributed by atoms with Crippen LogP contribution < -0.4 is 10.9 Å². The molecule has 2 N–H and O–H groups in total. The maximum absolute atomic E-state index is 12.3. The molecule has 0 radical (unpaired) electrons. The standard InChI is InChI=1S/C18H25N3O3S/c1-3-14-11(2)8-15(25-14)18(24)20-19-17(23)12-9-16(22)21(10-12)13-6-4-5-7-13/h8,12-13H,3-7,9-10H2,1-2H3,(H,19,23)(H,20,24)/t12-/m1/s1. The molecule has 6 nitrogen and oxygen atoms in total. The zero-order valence-electron chi connectivity index (χ0n) is 14.8. The van der Waals surface area contributed by atoms with Crippen molar-refractivity contribution in [3.8, 4) is 0 Å². The van der Waals surface area contributed by atoms with Crippen LogP contribution >= 0.6 is 11.3 Å². The smallest absolute Gasteiger partial charge is 0.279 e. The molecule has 1 saturated carbocycles. The fourth-order valence-electron chi connectivity index (χ4n) is 3.74. The van der Waals surface area contributed by atoms with Gasteiger partial charge in [0, 0.05) is 23.9 Å². The molecule has 7 heteroatoms. The second-order valence-corrected chi connectivity index (χ2v) is 8.04. The molecule has 1 aromatic rings. The fourth-order valence-corrected chi connectivity index (χ4v) is 4.75. The SMILES string of the molecule is CCc1sc(C(=O)NNC(=O)[C@@H]2CC(=O)N(C3CCCC3)C2)cc1C. The summed E-state index contributed by atoms with van der Waals surface area (Å²) in [7, 11) is 0. The number of hydrogen-bond donors (Lipinski definition) is 2. The second kappa shape index (κ2) is 7.56. The van der Waals surface area contributed by atoms with Crippen LogP contribution in [0, 0.1) is 12.8 Å². The largest absolute Gasteiger partial charge is 0.339 e. The third kappa shape index (κ3) is 3.86. The second-order valence-electron chi connectivity index (χ2n) is 6.90. The van der Waals surface area contributed by atoms with E-state index < -0.39 is 0 Å². The van der Waals surface area contributed by atoms with Gasteiger partial charge in [0.25, 0.3) is 5.91 Å². The van der Waals surface area contributed by atoms with Crippen molar-refractivity contribution in [3.63, 3.8) is 0 Å². The first-order valence-corrected chi connectivity index (χ1v) is 9.80. The molecule has 3 amide bonds. The topological polar surface area (TPSA) is 78.5 Å². The molecule has 1 atom stereocenters. The number of aryl methyl sites for hydroxylation is 2. The number of likely N-dealkylation sites (tertiary alicyclic amines) is 1. The van der Waals surface area contributed by atoms with Crippen LogP contribution in [-0.4, -0.2) is 35.2 Å². The van der Waals surface area contributed by atoms with E-state index in [1.54, 1.807) is 0 Å². The van der Waals surface area contributed by atoms with Crippen LogP contribution in [-0.2, 0) is 16.0 Å². The summed E-state index contributed by atoms with van der Waals surface area (Å²) in [5, 5.41) is 0. The van der Waals surface area contributed by atoms with Gasteiger partial charge in [-0.2, -0.15) is 0 Å². The minimum absolute atomic E-state index is 0.0554. The van der Waals surface area contributed by atoms with Crippen molar-refractivity contribution >= 4 is 29.1 Å². The van der Waals surface area contributed by atoms with E-state index in [0.29, 0.717) is 17.5 Å². The molecule has 0 spiro atoms. The van der Waals surface area contributed by atoms with Crippen molar-refractivity contribution in [1.29, 1.82) is 0 Å². The maximum Gasteiger partial charge on any atom is 0.279 e. The van der Waals surface area contributed by atoms with E-state index in [0.717, 1.165) is 37.7 Å². The molecule has 2 fully saturated rings. The number of rotatable bonds is 4.